The summed E-state index contributed by atoms with van der Waals surface area (Å²) in [5.41, 5.74) is 1.16. The highest BCUT2D eigenvalue weighted by molar-refractivity contribution is 6.41. The molecule has 0 unspecified atom stereocenters. The number of hydrogen-bond donors (Lipinski definition) is 0. The van der Waals surface area contributed by atoms with E-state index in [1.165, 1.54) is 21.5 Å². The largest absolute Gasteiger partial charge is 0.0985 e. The van der Waals surface area contributed by atoms with E-state index in [1.54, 1.807) is 0 Å². The number of hydrogen-bond acceptors (Lipinski definition) is 0. The highest BCUT2D eigenvalue weighted by Gasteiger charge is 2.03. The molecule has 3 aromatic rings. The third-order valence-corrected chi connectivity index (χ3v) is 3.53. The Morgan fingerprint density at radius 2 is 1.65 bits per heavy atom. The quantitative estimate of drug-likeness (QED) is 0.444. The van der Waals surface area contributed by atoms with Crippen LogP contribution in [-0.2, 0) is 0 Å². The smallest absolute Gasteiger partial charge is 0.0720 e. The summed E-state index contributed by atoms with van der Waals surface area (Å²) in [7, 11) is 3.69. The highest BCUT2D eigenvalue weighted by Crippen LogP contribution is 2.25. The molecule has 0 aliphatic rings. The molecule has 0 saturated carbocycles. The molecule has 1 heteroatoms. The van der Waals surface area contributed by atoms with Crippen molar-refractivity contribution in [1.82, 2.24) is 0 Å². The Hall–Kier alpha value is -1.86. The molecule has 0 atom stereocenters. The van der Waals surface area contributed by atoms with Crippen molar-refractivity contribution < 1.29 is 0 Å². The summed E-state index contributed by atoms with van der Waals surface area (Å²) in [6.45, 7) is 3.83. The van der Waals surface area contributed by atoms with Crippen LogP contribution in [-0.4, -0.2) is 10.2 Å². The zero-order valence-electron chi connectivity index (χ0n) is 9.40. The van der Waals surface area contributed by atoms with Crippen molar-refractivity contribution in [3.63, 3.8) is 0 Å². The molecule has 3 rings (SSSR count). The van der Waals surface area contributed by atoms with E-state index in [2.05, 4.69) is 65.4 Å². The fourth-order valence-corrected chi connectivity index (χ4v) is 2.62. The lowest BCUT2D eigenvalue weighted by atomic mass is 10.00. The molecule has 0 fully saturated rings. The van der Waals surface area contributed by atoms with Crippen LogP contribution >= 0.6 is 0 Å². The second kappa shape index (κ2) is 3.86. The molecule has 0 bridgehead atoms. The van der Waals surface area contributed by atoms with E-state index in [-0.39, 0.29) is 0 Å². The van der Waals surface area contributed by atoms with E-state index in [1.807, 2.05) is 6.08 Å². The Kier molecular flexibility index (Phi) is 2.34. The van der Waals surface area contributed by atoms with Gasteiger partial charge in [-0.25, -0.2) is 0 Å². The lowest BCUT2D eigenvalue weighted by Gasteiger charge is -2.08. The third kappa shape index (κ3) is 1.59. The molecule has 0 nitrogen and oxygen atoms in total. The first-order valence-electron chi connectivity index (χ1n) is 5.59. The lowest BCUT2D eigenvalue weighted by molar-refractivity contribution is 1.74. The normalized spacial score (nSPS) is 10.9. The standard InChI is InChI=1S/C16H11Si/c1-2-11-7-8-12-10-16(17)14-6-4-3-5-13(14)15(12)9-11/h2-10H,1H2. The Morgan fingerprint density at radius 1 is 0.882 bits per heavy atom. The Morgan fingerprint density at radius 3 is 2.41 bits per heavy atom. The van der Waals surface area contributed by atoms with Crippen molar-refractivity contribution in [2.45, 2.75) is 0 Å². The Bertz CT molecular complexity index is 726. The van der Waals surface area contributed by atoms with Gasteiger partial charge >= 0.3 is 0 Å². The summed E-state index contributed by atoms with van der Waals surface area (Å²) in [4.78, 5) is 0. The second-order valence-corrected chi connectivity index (χ2v) is 4.69. The van der Waals surface area contributed by atoms with Gasteiger partial charge in [0.15, 0.2) is 0 Å². The van der Waals surface area contributed by atoms with Gasteiger partial charge in [-0.2, -0.15) is 0 Å². The van der Waals surface area contributed by atoms with E-state index in [4.69, 9.17) is 0 Å². The van der Waals surface area contributed by atoms with Gasteiger partial charge in [-0.05, 0) is 33.2 Å². The summed E-state index contributed by atoms with van der Waals surface area (Å²) < 4.78 is 0. The molecule has 17 heavy (non-hydrogen) atoms. The molecule has 3 radical (unpaired) electrons. The summed E-state index contributed by atoms with van der Waals surface area (Å²) >= 11 is 0. The topological polar surface area (TPSA) is 0 Å². The zero-order chi connectivity index (χ0) is 11.8. The third-order valence-electron chi connectivity index (χ3n) is 3.12. The fourth-order valence-electron chi connectivity index (χ4n) is 2.25. The monoisotopic (exact) mass is 231 g/mol. The number of fused-ring (bicyclic) bond motifs is 3. The minimum Gasteiger partial charge on any atom is -0.0985 e. The molecule has 0 spiro atoms. The van der Waals surface area contributed by atoms with E-state index < -0.39 is 0 Å². The van der Waals surface area contributed by atoms with Crippen molar-refractivity contribution in [1.29, 1.82) is 0 Å². The zero-order valence-corrected chi connectivity index (χ0v) is 10.4. The van der Waals surface area contributed by atoms with Crippen molar-refractivity contribution in [2.75, 3.05) is 0 Å². The predicted molar refractivity (Wildman–Crippen MR) is 76.9 cm³/mol. The summed E-state index contributed by atoms with van der Waals surface area (Å²) in [5, 5.41) is 6.19. The first-order chi connectivity index (χ1) is 8.29. The van der Waals surface area contributed by atoms with E-state index >= 15 is 0 Å². The number of rotatable bonds is 1. The highest BCUT2D eigenvalue weighted by atomic mass is 28.1. The SMILES string of the molecule is C=Cc1ccc2cc([Si])c3ccccc3c2c1. The van der Waals surface area contributed by atoms with Crippen LogP contribution in [0.4, 0.5) is 0 Å². The second-order valence-electron chi connectivity index (χ2n) is 4.15. The van der Waals surface area contributed by atoms with Gasteiger partial charge in [-0.15, -0.1) is 0 Å². The average molecular weight is 231 g/mol. The number of benzene rings is 3. The molecule has 0 heterocycles. The average Bonchev–Trinajstić information content (AvgIpc) is 2.39. The minimum absolute atomic E-state index is 1.14. The fraction of sp³-hybridized carbons (Fsp3) is 0. The van der Waals surface area contributed by atoms with Gasteiger partial charge in [0.05, 0.1) is 10.2 Å². The predicted octanol–water partition coefficient (Wildman–Crippen LogP) is 3.43. The van der Waals surface area contributed by atoms with E-state index in [0.29, 0.717) is 0 Å². The van der Waals surface area contributed by atoms with Gasteiger partial charge in [0.2, 0.25) is 0 Å². The molecule has 3 aromatic carbocycles. The Balaban J connectivity index is 2.55. The minimum atomic E-state index is 1.14. The van der Waals surface area contributed by atoms with Gasteiger partial charge in [0, 0.05) is 0 Å². The van der Waals surface area contributed by atoms with Crippen molar-refractivity contribution in [2.24, 2.45) is 0 Å². The van der Waals surface area contributed by atoms with Crippen LogP contribution in [0.25, 0.3) is 27.6 Å². The van der Waals surface area contributed by atoms with Crippen LogP contribution in [0.1, 0.15) is 5.56 Å². The maximum absolute atomic E-state index is 3.83. The van der Waals surface area contributed by atoms with Crippen LogP contribution in [0, 0.1) is 0 Å². The van der Waals surface area contributed by atoms with Crippen LogP contribution in [0.5, 0.6) is 0 Å². The van der Waals surface area contributed by atoms with Gasteiger partial charge in [0.25, 0.3) is 0 Å². The van der Waals surface area contributed by atoms with Gasteiger partial charge in [-0.3, -0.25) is 0 Å². The lowest BCUT2D eigenvalue weighted by Crippen LogP contribution is -2.03. The molecule has 0 N–H and O–H groups in total. The Labute approximate surface area is 104 Å². The first-order valence-corrected chi connectivity index (χ1v) is 6.09. The van der Waals surface area contributed by atoms with Crippen LogP contribution in [0.2, 0.25) is 0 Å². The molecule has 0 saturated heterocycles. The maximum Gasteiger partial charge on any atom is 0.0720 e. The van der Waals surface area contributed by atoms with Crippen LogP contribution in [0.3, 0.4) is 0 Å². The van der Waals surface area contributed by atoms with Gasteiger partial charge in [-0.1, -0.05) is 60.3 Å². The van der Waals surface area contributed by atoms with Crippen molar-refractivity contribution in [3.05, 3.63) is 60.7 Å². The molecular weight excluding hydrogens is 220 g/mol. The molecular formula is C16H11Si. The van der Waals surface area contributed by atoms with Gasteiger partial charge in [0.1, 0.15) is 0 Å². The summed E-state index contributed by atoms with van der Waals surface area (Å²) in [5.74, 6) is 0. The molecule has 79 valence electrons. The molecule has 0 aliphatic carbocycles. The maximum atomic E-state index is 3.83. The molecule has 0 aliphatic heterocycles. The van der Waals surface area contributed by atoms with Crippen molar-refractivity contribution >= 4 is 43.1 Å². The summed E-state index contributed by atoms with van der Waals surface area (Å²) in [6.07, 6.45) is 1.88. The first kappa shape index (κ1) is 10.3. The van der Waals surface area contributed by atoms with Crippen molar-refractivity contribution in [3.8, 4) is 0 Å². The van der Waals surface area contributed by atoms with E-state index in [9.17, 15) is 0 Å². The molecule has 0 amide bonds. The van der Waals surface area contributed by atoms with E-state index in [0.717, 1.165) is 10.8 Å². The van der Waals surface area contributed by atoms with Crippen LogP contribution in [0.15, 0.2) is 55.1 Å². The summed E-state index contributed by atoms with van der Waals surface area (Å²) in [6, 6.07) is 17.0. The van der Waals surface area contributed by atoms with Crippen LogP contribution < -0.4 is 5.19 Å². The molecule has 0 aromatic heterocycles. The van der Waals surface area contributed by atoms with Gasteiger partial charge < -0.3 is 0 Å².